The van der Waals surface area contributed by atoms with Crippen LogP contribution in [0.25, 0.3) is 0 Å². The van der Waals surface area contributed by atoms with Crippen molar-refractivity contribution in [3.8, 4) is 0 Å². The number of hydrogen-bond acceptors (Lipinski definition) is 3. The second-order valence-corrected chi connectivity index (χ2v) is 6.71. The number of hydrogen-bond donors (Lipinski definition) is 1. The summed E-state index contributed by atoms with van der Waals surface area (Å²) >= 11 is 1.01. The highest BCUT2D eigenvalue weighted by atomic mass is 79.9. The Kier molecular flexibility index (Phi) is 4.92. The van der Waals surface area contributed by atoms with Crippen LogP contribution in [0.3, 0.4) is 0 Å². The van der Waals surface area contributed by atoms with E-state index < -0.39 is 21.7 Å². The lowest BCUT2D eigenvalue weighted by atomic mass is 10.0. The molecule has 0 amide bonds. The summed E-state index contributed by atoms with van der Waals surface area (Å²) in [5.74, 6) is 0. The average Bonchev–Trinajstić information content (AvgIpc) is 2.33. The standard InChI is InChI=1S/C13H18BrNO3S/c1-8-6-10(7-9(2)11(8)14)15(5)13(3,4)12(16)19(17)18/h6-7H,1-5H3,(H,17,18). The number of carbonyl (C=O) groups is 1. The molecule has 1 aromatic carbocycles. The van der Waals surface area contributed by atoms with E-state index in [9.17, 15) is 9.00 Å². The molecule has 1 atom stereocenters. The number of likely N-dealkylation sites (N-methyl/N-ethyl adjacent to an activating group) is 1. The number of carbonyl (C=O) groups excluding carboxylic acids is 1. The van der Waals surface area contributed by atoms with Crippen molar-refractivity contribution < 1.29 is 13.6 Å². The monoisotopic (exact) mass is 347 g/mol. The first-order chi connectivity index (χ1) is 8.59. The van der Waals surface area contributed by atoms with E-state index in [1.807, 2.05) is 26.0 Å². The molecule has 1 aromatic rings. The van der Waals surface area contributed by atoms with Crippen LogP contribution in [0.1, 0.15) is 25.0 Å². The minimum absolute atomic E-state index is 0.715. The largest absolute Gasteiger partial charge is 0.361 e. The van der Waals surface area contributed by atoms with Crippen molar-refractivity contribution in [1.29, 1.82) is 0 Å². The van der Waals surface area contributed by atoms with E-state index in [2.05, 4.69) is 15.9 Å². The molecule has 0 spiro atoms. The lowest BCUT2D eigenvalue weighted by molar-refractivity contribution is -0.115. The van der Waals surface area contributed by atoms with Crippen LogP contribution in [0.5, 0.6) is 0 Å². The third-order valence-electron chi connectivity index (χ3n) is 3.31. The van der Waals surface area contributed by atoms with E-state index in [4.69, 9.17) is 4.55 Å². The van der Waals surface area contributed by atoms with E-state index in [1.165, 1.54) is 0 Å². The Bertz CT molecular complexity index is 520. The summed E-state index contributed by atoms with van der Waals surface area (Å²) in [7, 11) is 1.74. The van der Waals surface area contributed by atoms with Gasteiger partial charge in [-0.15, -0.1) is 0 Å². The van der Waals surface area contributed by atoms with Crippen molar-refractivity contribution in [2.24, 2.45) is 0 Å². The van der Waals surface area contributed by atoms with Gasteiger partial charge in [0.05, 0.1) is 0 Å². The highest BCUT2D eigenvalue weighted by Gasteiger charge is 2.36. The van der Waals surface area contributed by atoms with Crippen LogP contribution in [0, 0.1) is 13.8 Å². The maximum Gasteiger partial charge on any atom is 0.270 e. The van der Waals surface area contributed by atoms with E-state index in [0.29, 0.717) is 0 Å². The average molecular weight is 348 g/mol. The molecule has 1 unspecified atom stereocenters. The Hall–Kier alpha value is -0.720. The predicted molar refractivity (Wildman–Crippen MR) is 81.9 cm³/mol. The van der Waals surface area contributed by atoms with Gasteiger partial charge in [-0.05, 0) is 51.0 Å². The molecule has 6 heteroatoms. The molecular weight excluding hydrogens is 330 g/mol. The van der Waals surface area contributed by atoms with Crippen LogP contribution in [0.4, 0.5) is 5.69 Å². The number of nitrogens with zero attached hydrogens (tertiary/aromatic N) is 1. The summed E-state index contributed by atoms with van der Waals surface area (Å²) in [5, 5.41) is -0.715. The molecule has 0 heterocycles. The molecule has 0 saturated heterocycles. The highest BCUT2D eigenvalue weighted by molar-refractivity contribution is 9.10. The first-order valence-corrected chi connectivity index (χ1v) is 7.65. The number of benzene rings is 1. The molecule has 0 radical (unpaired) electrons. The highest BCUT2D eigenvalue weighted by Crippen LogP contribution is 2.30. The molecule has 4 nitrogen and oxygen atoms in total. The summed E-state index contributed by atoms with van der Waals surface area (Å²) in [6, 6.07) is 3.87. The second kappa shape index (κ2) is 5.73. The molecule has 0 aliphatic rings. The summed E-state index contributed by atoms with van der Waals surface area (Å²) in [6.07, 6.45) is 0. The van der Waals surface area contributed by atoms with Crippen molar-refractivity contribution in [2.45, 2.75) is 33.2 Å². The Labute approximate surface area is 124 Å². The summed E-state index contributed by atoms with van der Waals surface area (Å²) in [4.78, 5) is 13.5. The zero-order valence-electron chi connectivity index (χ0n) is 11.7. The molecular formula is C13H18BrNO3S. The Balaban J connectivity index is 3.23. The fraction of sp³-hybridized carbons (Fsp3) is 0.462. The van der Waals surface area contributed by atoms with Crippen molar-refractivity contribution >= 4 is 37.8 Å². The lowest BCUT2D eigenvalue weighted by Crippen LogP contribution is -2.49. The maximum absolute atomic E-state index is 11.8. The Morgan fingerprint density at radius 3 is 2.11 bits per heavy atom. The van der Waals surface area contributed by atoms with E-state index in [0.717, 1.165) is 21.3 Å². The third kappa shape index (κ3) is 3.24. The molecule has 19 heavy (non-hydrogen) atoms. The summed E-state index contributed by atoms with van der Waals surface area (Å²) in [5.41, 5.74) is 1.89. The quantitative estimate of drug-likeness (QED) is 0.853. The molecule has 0 saturated carbocycles. The van der Waals surface area contributed by atoms with Crippen molar-refractivity contribution in [3.05, 3.63) is 27.7 Å². The number of rotatable bonds is 3. The molecule has 0 aliphatic heterocycles. The van der Waals surface area contributed by atoms with Gasteiger partial charge >= 0.3 is 0 Å². The first-order valence-electron chi connectivity index (χ1n) is 5.75. The zero-order chi connectivity index (χ0) is 15.0. The minimum Gasteiger partial charge on any atom is -0.361 e. The smallest absolute Gasteiger partial charge is 0.270 e. The predicted octanol–water partition coefficient (Wildman–Crippen LogP) is 3.03. The molecule has 1 N–H and O–H groups in total. The van der Waals surface area contributed by atoms with Crippen molar-refractivity contribution in [3.63, 3.8) is 0 Å². The van der Waals surface area contributed by atoms with Gasteiger partial charge in [-0.1, -0.05) is 15.9 Å². The van der Waals surface area contributed by atoms with Gasteiger partial charge < -0.3 is 4.90 Å². The van der Waals surface area contributed by atoms with E-state index >= 15 is 0 Å². The van der Waals surface area contributed by atoms with Gasteiger partial charge in [-0.25, -0.2) is 4.21 Å². The van der Waals surface area contributed by atoms with Crippen LogP contribution in [0.2, 0.25) is 0 Å². The van der Waals surface area contributed by atoms with Gasteiger partial charge in [-0.2, -0.15) is 0 Å². The molecule has 0 fully saturated rings. The van der Waals surface area contributed by atoms with Crippen LogP contribution >= 0.6 is 15.9 Å². The summed E-state index contributed by atoms with van der Waals surface area (Å²) < 4.78 is 21.0. The SMILES string of the molecule is Cc1cc(N(C)C(C)(C)C(=O)S(=O)O)cc(C)c1Br. The van der Waals surface area contributed by atoms with Crippen LogP contribution in [0.15, 0.2) is 16.6 Å². The van der Waals surface area contributed by atoms with Crippen LogP contribution < -0.4 is 4.90 Å². The fourth-order valence-electron chi connectivity index (χ4n) is 1.79. The normalized spacial score (nSPS) is 13.2. The number of halogens is 1. The van der Waals surface area contributed by atoms with Gasteiger partial charge in [0.1, 0.15) is 5.54 Å². The summed E-state index contributed by atoms with van der Waals surface area (Å²) in [6.45, 7) is 7.20. The van der Waals surface area contributed by atoms with Crippen LogP contribution in [-0.2, 0) is 15.9 Å². The maximum atomic E-state index is 11.8. The van der Waals surface area contributed by atoms with Crippen molar-refractivity contribution in [2.75, 3.05) is 11.9 Å². The van der Waals surface area contributed by atoms with Gasteiger partial charge in [0.15, 0.2) is 0 Å². The fourth-order valence-corrected chi connectivity index (χ4v) is 2.58. The van der Waals surface area contributed by atoms with Gasteiger partial charge in [-0.3, -0.25) is 9.35 Å². The van der Waals surface area contributed by atoms with Crippen LogP contribution in [-0.4, -0.2) is 26.5 Å². The zero-order valence-corrected chi connectivity index (χ0v) is 14.1. The third-order valence-corrected chi connectivity index (χ3v) is 5.37. The molecule has 1 rings (SSSR count). The van der Waals surface area contributed by atoms with Crippen molar-refractivity contribution in [1.82, 2.24) is 0 Å². The molecule has 0 aliphatic carbocycles. The molecule has 0 aromatic heterocycles. The first kappa shape index (κ1) is 16.3. The lowest BCUT2D eigenvalue weighted by Gasteiger charge is -2.35. The molecule has 0 bridgehead atoms. The number of aryl methyl sites for hydroxylation is 2. The van der Waals surface area contributed by atoms with E-state index in [-0.39, 0.29) is 0 Å². The van der Waals surface area contributed by atoms with Gasteiger partial charge in [0.25, 0.3) is 5.12 Å². The topological polar surface area (TPSA) is 57.6 Å². The van der Waals surface area contributed by atoms with E-state index in [1.54, 1.807) is 25.8 Å². The Morgan fingerprint density at radius 2 is 1.74 bits per heavy atom. The Morgan fingerprint density at radius 1 is 1.32 bits per heavy atom. The van der Waals surface area contributed by atoms with Gasteiger partial charge in [0, 0.05) is 17.2 Å². The number of anilines is 1. The molecule has 106 valence electrons. The second-order valence-electron chi connectivity index (χ2n) is 5.05. The minimum atomic E-state index is -2.48. The van der Waals surface area contributed by atoms with Gasteiger partial charge in [0.2, 0.25) is 11.1 Å².